The van der Waals surface area contributed by atoms with Crippen molar-refractivity contribution in [3.05, 3.63) is 52.5 Å². The number of hydrogen-bond donors (Lipinski definition) is 1. The van der Waals surface area contributed by atoms with Gasteiger partial charge in [-0.25, -0.2) is 4.68 Å². The molecule has 0 amide bonds. The number of benzene rings is 2. The van der Waals surface area contributed by atoms with Gasteiger partial charge in [0.2, 0.25) is 0 Å². The van der Waals surface area contributed by atoms with Crippen molar-refractivity contribution in [2.24, 2.45) is 0 Å². The minimum atomic E-state index is 0.617. The summed E-state index contributed by atoms with van der Waals surface area (Å²) in [5, 5.41) is 8.28. The second-order valence-electron chi connectivity index (χ2n) is 4.08. The van der Waals surface area contributed by atoms with Crippen LogP contribution in [0.15, 0.2) is 46.9 Å². The highest BCUT2D eigenvalue weighted by atomic mass is 79.9. The van der Waals surface area contributed by atoms with Crippen LogP contribution >= 0.6 is 15.9 Å². The van der Waals surface area contributed by atoms with Crippen LogP contribution in [-0.2, 0) is 6.54 Å². The van der Waals surface area contributed by atoms with Crippen LogP contribution in [0.25, 0.3) is 11.0 Å². The third kappa shape index (κ3) is 1.97. The van der Waals surface area contributed by atoms with Crippen molar-refractivity contribution in [2.45, 2.75) is 6.54 Å². The van der Waals surface area contributed by atoms with E-state index in [1.54, 1.807) is 0 Å². The normalized spacial score (nSPS) is 10.9. The van der Waals surface area contributed by atoms with Crippen LogP contribution in [0.5, 0.6) is 0 Å². The predicted molar refractivity (Wildman–Crippen MR) is 75.2 cm³/mol. The van der Waals surface area contributed by atoms with E-state index in [1.807, 2.05) is 47.1 Å². The minimum Gasteiger partial charge on any atom is -0.398 e. The Balaban J connectivity index is 2.04. The number of fused-ring (bicyclic) bond motifs is 1. The van der Waals surface area contributed by atoms with E-state index in [9.17, 15) is 0 Å². The van der Waals surface area contributed by atoms with E-state index in [0.717, 1.165) is 26.8 Å². The van der Waals surface area contributed by atoms with Gasteiger partial charge in [-0.1, -0.05) is 33.3 Å². The van der Waals surface area contributed by atoms with Crippen molar-refractivity contribution in [3.63, 3.8) is 0 Å². The molecular weight excluding hydrogens is 292 g/mol. The number of nitrogen functional groups attached to an aromatic ring is 1. The lowest BCUT2D eigenvalue weighted by Gasteiger charge is -2.06. The number of aromatic nitrogens is 3. The largest absolute Gasteiger partial charge is 0.398 e. The van der Waals surface area contributed by atoms with Gasteiger partial charge in [-0.3, -0.25) is 0 Å². The maximum Gasteiger partial charge on any atom is 0.113 e. The molecule has 0 aliphatic heterocycles. The van der Waals surface area contributed by atoms with E-state index < -0.39 is 0 Å². The Hall–Kier alpha value is -1.88. The van der Waals surface area contributed by atoms with Crippen LogP contribution < -0.4 is 5.73 Å². The first kappa shape index (κ1) is 11.2. The first-order valence-electron chi connectivity index (χ1n) is 5.56. The molecule has 0 spiro atoms. The molecule has 0 unspecified atom stereocenters. The molecule has 0 atom stereocenters. The van der Waals surface area contributed by atoms with E-state index in [1.165, 1.54) is 0 Å². The Morgan fingerprint density at radius 2 is 2.00 bits per heavy atom. The molecule has 5 heteroatoms. The average Bonchev–Trinajstić information content (AvgIpc) is 2.78. The molecule has 0 fully saturated rings. The van der Waals surface area contributed by atoms with Crippen LogP contribution in [0.1, 0.15) is 5.56 Å². The molecule has 3 rings (SSSR count). The number of anilines is 1. The van der Waals surface area contributed by atoms with Crippen LogP contribution in [0.3, 0.4) is 0 Å². The fourth-order valence-electron chi connectivity index (χ4n) is 1.91. The summed E-state index contributed by atoms with van der Waals surface area (Å²) in [6.45, 7) is 0.617. The van der Waals surface area contributed by atoms with Gasteiger partial charge in [-0.05, 0) is 35.9 Å². The highest BCUT2D eigenvalue weighted by molar-refractivity contribution is 9.10. The lowest BCUT2D eigenvalue weighted by atomic mass is 10.2. The van der Waals surface area contributed by atoms with Crippen molar-refractivity contribution in [2.75, 3.05) is 5.73 Å². The average molecular weight is 303 g/mol. The monoisotopic (exact) mass is 302 g/mol. The summed E-state index contributed by atoms with van der Waals surface area (Å²) < 4.78 is 2.86. The Morgan fingerprint density at radius 1 is 1.17 bits per heavy atom. The Labute approximate surface area is 113 Å². The molecule has 0 radical (unpaired) electrons. The van der Waals surface area contributed by atoms with Crippen molar-refractivity contribution >= 4 is 32.7 Å². The Morgan fingerprint density at radius 3 is 2.89 bits per heavy atom. The number of nitrogens with zero attached hydrogens (tertiary/aromatic N) is 3. The molecule has 1 aromatic heterocycles. The van der Waals surface area contributed by atoms with Gasteiger partial charge in [0.1, 0.15) is 5.52 Å². The lowest BCUT2D eigenvalue weighted by Crippen LogP contribution is -2.04. The highest BCUT2D eigenvalue weighted by Gasteiger charge is 2.06. The van der Waals surface area contributed by atoms with Crippen molar-refractivity contribution in [3.8, 4) is 0 Å². The zero-order valence-electron chi connectivity index (χ0n) is 9.55. The van der Waals surface area contributed by atoms with Gasteiger partial charge in [0.25, 0.3) is 0 Å². The second kappa shape index (κ2) is 4.42. The van der Waals surface area contributed by atoms with Crippen molar-refractivity contribution in [1.29, 1.82) is 0 Å². The van der Waals surface area contributed by atoms with Gasteiger partial charge in [0.05, 0.1) is 12.1 Å². The van der Waals surface area contributed by atoms with Crippen LogP contribution in [0, 0.1) is 0 Å². The lowest BCUT2D eigenvalue weighted by molar-refractivity contribution is 0.670. The van der Waals surface area contributed by atoms with Gasteiger partial charge < -0.3 is 5.73 Å². The van der Waals surface area contributed by atoms with Crippen LogP contribution in [0.2, 0.25) is 0 Å². The van der Waals surface area contributed by atoms with Crippen molar-refractivity contribution < 1.29 is 0 Å². The molecule has 90 valence electrons. The van der Waals surface area contributed by atoms with E-state index in [0.29, 0.717) is 6.54 Å². The Bertz CT molecular complexity index is 705. The SMILES string of the molecule is Nc1ccc(Br)cc1Cn1nnc2ccccc21. The second-order valence-corrected chi connectivity index (χ2v) is 4.99. The number of nitrogens with two attached hydrogens (primary N) is 1. The smallest absolute Gasteiger partial charge is 0.113 e. The summed E-state index contributed by atoms with van der Waals surface area (Å²) in [7, 11) is 0. The van der Waals surface area contributed by atoms with Gasteiger partial charge in [0, 0.05) is 10.2 Å². The molecule has 1 heterocycles. The number of para-hydroxylation sites is 1. The molecule has 0 aliphatic carbocycles. The number of rotatable bonds is 2. The highest BCUT2D eigenvalue weighted by Crippen LogP contribution is 2.20. The molecule has 0 saturated carbocycles. The molecular formula is C13H11BrN4. The molecule has 2 N–H and O–H groups in total. The third-order valence-electron chi connectivity index (χ3n) is 2.85. The molecule has 4 nitrogen and oxygen atoms in total. The van der Waals surface area contributed by atoms with E-state index in [-0.39, 0.29) is 0 Å². The Kier molecular flexibility index (Phi) is 2.76. The van der Waals surface area contributed by atoms with Gasteiger partial charge >= 0.3 is 0 Å². The number of halogens is 1. The van der Waals surface area contributed by atoms with Crippen molar-refractivity contribution in [1.82, 2.24) is 15.0 Å². The molecule has 2 aromatic carbocycles. The molecule has 0 aliphatic rings. The summed E-state index contributed by atoms with van der Waals surface area (Å²) in [6, 6.07) is 13.7. The molecule has 18 heavy (non-hydrogen) atoms. The molecule has 3 aromatic rings. The molecule has 0 saturated heterocycles. The van der Waals surface area contributed by atoms with E-state index >= 15 is 0 Å². The predicted octanol–water partition coefficient (Wildman–Crippen LogP) is 2.82. The third-order valence-corrected chi connectivity index (χ3v) is 3.34. The maximum absolute atomic E-state index is 5.97. The topological polar surface area (TPSA) is 56.7 Å². The summed E-state index contributed by atoms with van der Waals surface area (Å²) in [5.74, 6) is 0. The van der Waals surface area contributed by atoms with Crippen LogP contribution in [-0.4, -0.2) is 15.0 Å². The maximum atomic E-state index is 5.97. The zero-order chi connectivity index (χ0) is 12.5. The fourth-order valence-corrected chi connectivity index (χ4v) is 2.32. The summed E-state index contributed by atoms with van der Waals surface area (Å²) >= 11 is 3.45. The standard InChI is InChI=1S/C13H11BrN4/c14-10-5-6-11(15)9(7-10)8-18-13-4-2-1-3-12(13)16-17-18/h1-7H,8,15H2. The van der Waals surface area contributed by atoms with Gasteiger partial charge in [-0.2, -0.15) is 0 Å². The van der Waals surface area contributed by atoms with Gasteiger partial charge in [0.15, 0.2) is 0 Å². The minimum absolute atomic E-state index is 0.617. The van der Waals surface area contributed by atoms with Gasteiger partial charge in [-0.15, -0.1) is 5.10 Å². The zero-order valence-corrected chi connectivity index (χ0v) is 11.1. The van der Waals surface area contributed by atoms with Crippen LogP contribution in [0.4, 0.5) is 5.69 Å². The first-order chi connectivity index (χ1) is 8.74. The first-order valence-corrected chi connectivity index (χ1v) is 6.35. The quantitative estimate of drug-likeness (QED) is 0.741. The van der Waals surface area contributed by atoms with E-state index in [4.69, 9.17) is 5.73 Å². The summed E-state index contributed by atoms with van der Waals surface area (Å²) in [6.07, 6.45) is 0. The summed E-state index contributed by atoms with van der Waals surface area (Å²) in [4.78, 5) is 0. The molecule has 0 bridgehead atoms. The number of hydrogen-bond acceptors (Lipinski definition) is 3. The fraction of sp³-hybridized carbons (Fsp3) is 0.0769. The summed E-state index contributed by atoms with van der Waals surface area (Å²) in [5.41, 5.74) is 9.66. The van der Waals surface area contributed by atoms with E-state index in [2.05, 4.69) is 26.2 Å².